The van der Waals surface area contributed by atoms with E-state index in [1.54, 1.807) is 12.2 Å². The molecule has 0 aromatic carbocycles. The molecule has 0 unspecified atom stereocenters. The van der Waals surface area contributed by atoms with Crippen molar-refractivity contribution in [1.82, 2.24) is 0 Å². The highest BCUT2D eigenvalue weighted by atomic mass is 35.5. The normalized spacial score (nSPS) is 11.8. The Morgan fingerprint density at radius 2 is 1.44 bits per heavy atom. The first-order chi connectivity index (χ1) is 4.41. The molecule has 0 N–H and O–H groups in total. The number of halogens is 2. The molecule has 0 amide bonds. The Labute approximate surface area is 64.9 Å². The van der Waals surface area contributed by atoms with Gasteiger partial charge in [-0.1, -0.05) is 23.2 Å². The Kier molecular flexibility index (Phi) is 8.04. The van der Waals surface area contributed by atoms with Gasteiger partial charge in [0.25, 0.3) is 0 Å². The lowest BCUT2D eigenvalue weighted by Gasteiger charge is -1.91. The monoisotopic (exact) mass is 166 g/mol. The van der Waals surface area contributed by atoms with E-state index in [9.17, 15) is 0 Å². The fourth-order valence-electron chi connectivity index (χ4n) is 0.277. The zero-order chi connectivity index (χ0) is 6.95. The third kappa shape index (κ3) is 8.02. The van der Waals surface area contributed by atoms with Gasteiger partial charge in [-0.3, -0.25) is 0 Å². The second-order valence-corrected chi connectivity index (χ2v) is 1.76. The summed E-state index contributed by atoms with van der Waals surface area (Å²) >= 11 is 10.4. The number of rotatable bonds is 4. The predicted octanol–water partition coefficient (Wildman–Crippen LogP) is 2.51. The third-order valence-corrected chi connectivity index (χ3v) is 0.963. The number of hydrogen-bond donors (Lipinski definition) is 0. The van der Waals surface area contributed by atoms with Crippen LogP contribution in [0.15, 0.2) is 23.2 Å². The van der Waals surface area contributed by atoms with Gasteiger partial charge in [0.1, 0.15) is 0 Å². The van der Waals surface area contributed by atoms with Gasteiger partial charge in [0.05, 0.1) is 13.2 Å². The van der Waals surface area contributed by atoms with Gasteiger partial charge in [0, 0.05) is 11.1 Å². The molecule has 3 heteroatoms. The first-order valence-corrected chi connectivity index (χ1v) is 3.37. The first-order valence-electron chi connectivity index (χ1n) is 2.50. The van der Waals surface area contributed by atoms with Crippen LogP contribution in [0.2, 0.25) is 0 Å². The van der Waals surface area contributed by atoms with E-state index in [-0.39, 0.29) is 0 Å². The van der Waals surface area contributed by atoms with E-state index in [0.717, 1.165) is 0 Å². The highest BCUT2D eigenvalue weighted by Crippen LogP contribution is 1.83. The molecule has 0 saturated carbocycles. The van der Waals surface area contributed by atoms with E-state index in [2.05, 4.69) is 0 Å². The molecule has 0 radical (unpaired) electrons. The molecule has 0 aromatic rings. The van der Waals surface area contributed by atoms with E-state index in [1.807, 2.05) is 0 Å². The maximum atomic E-state index is 5.21. The van der Waals surface area contributed by atoms with E-state index >= 15 is 0 Å². The maximum Gasteiger partial charge on any atom is 0.0663 e. The molecule has 0 fully saturated rings. The summed E-state index contributed by atoms with van der Waals surface area (Å²) in [5.41, 5.74) is 2.84. The molecule has 0 heterocycles. The molecule has 0 rings (SSSR count). The Balaban J connectivity index is 2.91. The highest BCUT2D eigenvalue weighted by molar-refractivity contribution is 6.25. The fraction of sp³-hybridized carbons (Fsp3) is 0.333. The van der Waals surface area contributed by atoms with Crippen molar-refractivity contribution in [2.24, 2.45) is 0 Å². The minimum atomic E-state index is 0.532. The van der Waals surface area contributed by atoms with Crippen LogP contribution in [-0.4, -0.2) is 13.2 Å². The lowest BCUT2D eigenvalue weighted by molar-refractivity contribution is 0.194. The Morgan fingerprint density at radius 1 is 1.00 bits per heavy atom. The van der Waals surface area contributed by atoms with Gasteiger partial charge >= 0.3 is 0 Å². The van der Waals surface area contributed by atoms with E-state index in [0.29, 0.717) is 13.2 Å². The molecule has 0 saturated heterocycles. The Bertz CT molecular complexity index is 87.2. The van der Waals surface area contributed by atoms with Crippen molar-refractivity contribution in [1.29, 1.82) is 0 Å². The van der Waals surface area contributed by atoms with E-state index in [1.165, 1.54) is 11.1 Å². The molecule has 0 spiro atoms. The van der Waals surface area contributed by atoms with Crippen LogP contribution in [0, 0.1) is 0 Å². The molecule has 52 valence electrons. The first kappa shape index (κ1) is 9.02. The van der Waals surface area contributed by atoms with Crippen LogP contribution in [0.5, 0.6) is 0 Å². The summed E-state index contributed by atoms with van der Waals surface area (Å²) < 4.78 is 4.97. The van der Waals surface area contributed by atoms with Crippen LogP contribution in [0.1, 0.15) is 0 Å². The van der Waals surface area contributed by atoms with Crippen LogP contribution in [0.3, 0.4) is 0 Å². The molecular formula is C6H8Cl2O. The van der Waals surface area contributed by atoms with Gasteiger partial charge in [-0.05, 0) is 12.2 Å². The fourth-order valence-corrected chi connectivity index (χ4v) is 0.422. The molecule has 0 atom stereocenters. The SMILES string of the molecule is ClC=CCOCC=CCl. The summed E-state index contributed by atoms with van der Waals surface area (Å²) in [7, 11) is 0. The smallest absolute Gasteiger partial charge is 0.0663 e. The summed E-state index contributed by atoms with van der Waals surface area (Å²) in [5.74, 6) is 0. The van der Waals surface area contributed by atoms with Crippen molar-refractivity contribution in [2.45, 2.75) is 0 Å². The van der Waals surface area contributed by atoms with Gasteiger partial charge < -0.3 is 4.74 Å². The van der Waals surface area contributed by atoms with Crippen LogP contribution >= 0.6 is 23.2 Å². The number of ether oxygens (including phenoxy) is 1. The molecule has 0 aliphatic rings. The lowest BCUT2D eigenvalue weighted by atomic mass is 10.6. The van der Waals surface area contributed by atoms with Crippen LogP contribution < -0.4 is 0 Å². The second kappa shape index (κ2) is 8.02. The summed E-state index contributed by atoms with van der Waals surface area (Å²) in [6.45, 7) is 1.06. The zero-order valence-corrected chi connectivity index (χ0v) is 6.40. The van der Waals surface area contributed by atoms with Gasteiger partial charge in [-0.15, -0.1) is 0 Å². The van der Waals surface area contributed by atoms with Gasteiger partial charge in [-0.2, -0.15) is 0 Å². The van der Waals surface area contributed by atoms with Gasteiger partial charge in [0.15, 0.2) is 0 Å². The zero-order valence-electron chi connectivity index (χ0n) is 4.89. The predicted molar refractivity (Wildman–Crippen MR) is 40.8 cm³/mol. The molecule has 1 nitrogen and oxygen atoms in total. The molecular weight excluding hydrogens is 159 g/mol. The molecule has 0 aromatic heterocycles. The maximum absolute atomic E-state index is 5.21. The standard InChI is InChI=1S/C6H8Cl2O/c7-3-1-5-9-6-2-4-8/h1-4H,5-6H2. The molecule has 0 bridgehead atoms. The van der Waals surface area contributed by atoms with Crippen LogP contribution in [0.25, 0.3) is 0 Å². The van der Waals surface area contributed by atoms with Crippen molar-refractivity contribution in [2.75, 3.05) is 13.2 Å². The summed E-state index contributed by atoms with van der Waals surface area (Å²) in [4.78, 5) is 0. The van der Waals surface area contributed by atoms with Gasteiger partial charge in [0.2, 0.25) is 0 Å². The lowest BCUT2D eigenvalue weighted by Crippen LogP contribution is -1.88. The molecule has 0 aliphatic heterocycles. The van der Waals surface area contributed by atoms with Crippen molar-refractivity contribution >= 4 is 23.2 Å². The van der Waals surface area contributed by atoms with Crippen molar-refractivity contribution in [3.05, 3.63) is 23.2 Å². The van der Waals surface area contributed by atoms with Crippen molar-refractivity contribution in [3.63, 3.8) is 0 Å². The summed E-state index contributed by atoms with van der Waals surface area (Å²) in [6, 6.07) is 0. The third-order valence-electron chi connectivity index (χ3n) is 0.606. The summed E-state index contributed by atoms with van der Waals surface area (Å²) in [5, 5.41) is 0. The molecule has 9 heavy (non-hydrogen) atoms. The van der Waals surface area contributed by atoms with E-state index in [4.69, 9.17) is 27.9 Å². The molecule has 0 aliphatic carbocycles. The average molecular weight is 167 g/mol. The average Bonchev–Trinajstić information content (AvgIpc) is 1.89. The Hall–Kier alpha value is 0.0200. The minimum Gasteiger partial charge on any atom is -0.373 e. The van der Waals surface area contributed by atoms with E-state index < -0.39 is 0 Å². The Morgan fingerprint density at radius 3 is 1.78 bits per heavy atom. The van der Waals surface area contributed by atoms with Crippen molar-refractivity contribution in [3.8, 4) is 0 Å². The van der Waals surface area contributed by atoms with Crippen LogP contribution in [-0.2, 0) is 4.74 Å². The second-order valence-electron chi connectivity index (χ2n) is 1.26. The highest BCUT2D eigenvalue weighted by Gasteiger charge is 1.75. The topological polar surface area (TPSA) is 9.23 Å². The minimum absolute atomic E-state index is 0.532. The van der Waals surface area contributed by atoms with Crippen LogP contribution in [0.4, 0.5) is 0 Å². The summed E-state index contributed by atoms with van der Waals surface area (Å²) in [6.07, 6.45) is 3.42. The quantitative estimate of drug-likeness (QED) is 0.584. The van der Waals surface area contributed by atoms with Crippen molar-refractivity contribution < 1.29 is 4.74 Å². The van der Waals surface area contributed by atoms with Gasteiger partial charge in [-0.25, -0.2) is 0 Å². The largest absolute Gasteiger partial charge is 0.373 e. The number of hydrogen-bond acceptors (Lipinski definition) is 1.